The molecule has 1 spiro atoms. The Labute approximate surface area is 166 Å². The van der Waals surface area contributed by atoms with Crippen LogP contribution in [-0.4, -0.2) is 34.7 Å². The zero-order valence-corrected chi connectivity index (χ0v) is 17.2. The molecule has 3 aliphatic heterocycles. The zero-order valence-electron chi connectivity index (χ0n) is 17.2. The molecule has 0 radical (unpaired) electrons. The number of carbonyl (C=O) groups excluding carboxylic acids is 3. The summed E-state index contributed by atoms with van der Waals surface area (Å²) in [7, 11) is 0. The first kappa shape index (κ1) is 19.1. The number of hydrogen-bond acceptors (Lipinski definition) is 4. The number of nitrogens with one attached hydrogen (secondary N) is 2. The summed E-state index contributed by atoms with van der Waals surface area (Å²) < 4.78 is 0. The third-order valence-electron chi connectivity index (χ3n) is 6.94. The van der Waals surface area contributed by atoms with E-state index in [4.69, 9.17) is 0 Å². The number of imide groups is 1. The SMILES string of the molecule is CCc1cccc2c1NC(=O)C21NC(C(C)C)C2C(=O)N(C(C)CC)C(=O)C21. The molecule has 2 saturated heterocycles. The smallest absolute Gasteiger partial charge is 0.250 e. The number of benzene rings is 1. The molecule has 0 saturated carbocycles. The van der Waals surface area contributed by atoms with Crippen LogP contribution in [0.3, 0.4) is 0 Å². The van der Waals surface area contributed by atoms with Crippen LogP contribution in [0.4, 0.5) is 5.69 Å². The van der Waals surface area contributed by atoms with Gasteiger partial charge in [0.15, 0.2) is 0 Å². The van der Waals surface area contributed by atoms with E-state index in [1.807, 2.05) is 52.8 Å². The molecule has 28 heavy (non-hydrogen) atoms. The molecule has 6 heteroatoms. The molecule has 6 nitrogen and oxygen atoms in total. The third kappa shape index (κ3) is 2.21. The van der Waals surface area contributed by atoms with Gasteiger partial charge in [0.2, 0.25) is 17.7 Å². The average molecular weight is 383 g/mol. The molecule has 3 amide bonds. The van der Waals surface area contributed by atoms with Gasteiger partial charge in [-0.3, -0.25) is 24.6 Å². The lowest BCUT2D eigenvalue weighted by Crippen LogP contribution is -2.54. The number of hydrogen-bond donors (Lipinski definition) is 2. The molecule has 1 aromatic carbocycles. The van der Waals surface area contributed by atoms with E-state index in [1.165, 1.54) is 4.90 Å². The molecule has 0 aliphatic carbocycles. The van der Waals surface area contributed by atoms with Crippen LogP contribution in [0, 0.1) is 17.8 Å². The number of amides is 3. The molecule has 5 atom stereocenters. The van der Waals surface area contributed by atoms with Gasteiger partial charge in [0.25, 0.3) is 0 Å². The first-order valence-corrected chi connectivity index (χ1v) is 10.4. The van der Waals surface area contributed by atoms with Gasteiger partial charge in [0.05, 0.1) is 11.8 Å². The van der Waals surface area contributed by atoms with E-state index in [9.17, 15) is 14.4 Å². The zero-order chi connectivity index (χ0) is 20.4. The van der Waals surface area contributed by atoms with E-state index in [0.29, 0.717) is 6.42 Å². The van der Waals surface area contributed by atoms with E-state index < -0.39 is 17.4 Å². The van der Waals surface area contributed by atoms with Crippen molar-refractivity contribution in [2.75, 3.05) is 5.32 Å². The van der Waals surface area contributed by atoms with Gasteiger partial charge in [-0.1, -0.05) is 45.9 Å². The lowest BCUT2D eigenvalue weighted by Gasteiger charge is -2.31. The standard InChI is InChI=1S/C22H29N3O3/c1-6-12(5)25-19(26)15-16(20(25)27)22(24-17(15)11(3)4)14-10-8-9-13(7-2)18(14)23-21(22)28/h8-12,15-17,24H,6-7H2,1-5H3,(H,23,28). The minimum Gasteiger partial charge on any atom is -0.324 e. The predicted octanol–water partition coefficient (Wildman–Crippen LogP) is 2.42. The number of nitrogens with zero attached hydrogens (tertiary/aromatic N) is 1. The first-order valence-electron chi connectivity index (χ1n) is 10.4. The molecule has 0 bridgehead atoms. The number of anilines is 1. The fourth-order valence-electron chi connectivity index (χ4n) is 5.33. The first-order chi connectivity index (χ1) is 13.3. The van der Waals surface area contributed by atoms with Gasteiger partial charge in [-0.15, -0.1) is 0 Å². The fourth-order valence-corrected chi connectivity index (χ4v) is 5.33. The summed E-state index contributed by atoms with van der Waals surface area (Å²) in [5.74, 6) is -1.66. The molecule has 3 aliphatic rings. The van der Waals surface area contributed by atoms with Crippen molar-refractivity contribution in [2.45, 2.75) is 65.1 Å². The Kier molecular flexibility index (Phi) is 4.38. The molecule has 2 N–H and O–H groups in total. The maximum absolute atomic E-state index is 13.5. The molecule has 2 fully saturated rings. The molecule has 0 aromatic heterocycles. The summed E-state index contributed by atoms with van der Waals surface area (Å²) in [5, 5.41) is 6.51. The van der Waals surface area contributed by atoms with E-state index in [1.54, 1.807) is 0 Å². The van der Waals surface area contributed by atoms with Crippen molar-refractivity contribution in [2.24, 2.45) is 17.8 Å². The summed E-state index contributed by atoms with van der Waals surface area (Å²) in [6.07, 6.45) is 1.49. The van der Waals surface area contributed by atoms with Crippen LogP contribution in [0.25, 0.3) is 0 Å². The van der Waals surface area contributed by atoms with Crippen molar-refractivity contribution >= 4 is 23.4 Å². The van der Waals surface area contributed by atoms with Gasteiger partial charge >= 0.3 is 0 Å². The summed E-state index contributed by atoms with van der Waals surface area (Å²) in [6.45, 7) is 9.99. The Bertz CT molecular complexity index is 865. The normalized spacial score (nSPS) is 32.3. The monoisotopic (exact) mass is 383 g/mol. The molecule has 1 aromatic rings. The van der Waals surface area contributed by atoms with E-state index >= 15 is 0 Å². The van der Waals surface area contributed by atoms with Gasteiger partial charge < -0.3 is 5.32 Å². The number of fused-ring (bicyclic) bond motifs is 4. The fraction of sp³-hybridized carbons (Fsp3) is 0.591. The number of rotatable bonds is 4. The highest BCUT2D eigenvalue weighted by Gasteiger charge is 2.71. The van der Waals surface area contributed by atoms with Gasteiger partial charge in [-0.2, -0.15) is 0 Å². The van der Waals surface area contributed by atoms with Crippen molar-refractivity contribution in [1.29, 1.82) is 0 Å². The lowest BCUT2D eigenvalue weighted by atomic mass is 9.75. The van der Waals surface area contributed by atoms with Gasteiger partial charge in [0, 0.05) is 23.3 Å². The van der Waals surface area contributed by atoms with Gasteiger partial charge in [-0.25, -0.2) is 0 Å². The van der Waals surface area contributed by atoms with Crippen LogP contribution in [-0.2, 0) is 26.3 Å². The van der Waals surface area contributed by atoms with Crippen molar-refractivity contribution in [3.8, 4) is 0 Å². The van der Waals surface area contributed by atoms with Crippen molar-refractivity contribution < 1.29 is 14.4 Å². The Morgan fingerprint density at radius 1 is 1.11 bits per heavy atom. The Balaban J connectivity index is 1.92. The number of para-hydroxylation sites is 1. The van der Waals surface area contributed by atoms with Gasteiger partial charge in [-0.05, 0) is 31.2 Å². The Hall–Kier alpha value is -2.21. The second-order valence-electron chi connectivity index (χ2n) is 8.68. The van der Waals surface area contributed by atoms with Crippen LogP contribution in [0.1, 0.15) is 52.2 Å². The van der Waals surface area contributed by atoms with Gasteiger partial charge in [0.1, 0.15) is 5.54 Å². The van der Waals surface area contributed by atoms with Crippen LogP contribution >= 0.6 is 0 Å². The van der Waals surface area contributed by atoms with Crippen LogP contribution in [0.2, 0.25) is 0 Å². The maximum atomic E-state index is 13.5. The molecule has 3 heterocycles. The quantitative estimate of drug-likeness (QED) is 0.783. The van der Waals surface area contributed by atoms with Crippen molar-refractivity contribution in [3.63, 3.8) is 0 Å². The second-order valence-corrected chi connectivity index (χ2v) is 8.68. The lowest BCUT2D eigenvalue weighted by molar-refractivity contribution is -0.145. The minimum atomic E-state index is -1.17. The molecule has 4 rings (SSSR count). The topological polar surface area (TPSA) is 78.5 Å². The van der Waals surface area contributed by atoms with Crippen molar-refractivity contribution in [1.82, 2.24) is 10.2 Å². The highest BCUT2D eigenvalue weighted by atomic mass is 16.2. The van der Waals surface area contributed by atoms with Crippen LogP contribution in [0.15, 0.2) is 18.2 Å². The summed E-state index contributed by atoms with van der Waals surface area (Å²) in [6, 6.07) is 5.46. The van der Waals surface area contributed by atoms with Crippen LogP contribution in [0.5, 0.6) is 0 Å². The number of likely N-dealkylation sites (tertiary alicyclic amines) is 1. The van der Waals surface area contributed by atoms with E-state index in [-0.39, 0.29) is 35.7 Å². The predicted molar refractivity (Wildman–Crippen MR) is 106 cm³/mol. The largest absolute Gasteiger partial charge is 0.324 e. The number of aryl methyl sites for hydroxylation is 1. The number of carbonyl (C=O) groups is 3. The molecule has 150 valence electrons. The maximum Gasteiger partial charge on any atom is 0.250 e. The van der Waals surface area contributed by atoms with E-state index in [0.717, 1.165) is 23.2 Å². The molecular weight excluding hydrogens is 354 g/mol. The molecule has 5 unspecified atom stereocenters. The highest BCUT2D eigenvalue weighted by Crippen LogP contribution is 2.54. The summed E-state index contributed by atoms with van der Waals surface area (Å²) >= 11 is 0. The average Bonchev–Trinajstić information content (AvgIpc) is 3.26. The summed E-state index contributed by atoms with van der Waals surface area (Å²) in [5.41, 5.74) is 1.48. The minimum absolute atomic E-state index is 0.117. The second kappa shape index (κ2) is 6.41. The third-order valence-corrected chi connectivity index (χ3v) is 6.94. The van der Waals surface area contributed by atoms with Crippen molar-refractivity contribution in [3.05, 3.63) is 29.3 Å². The van der Waals surface area contributed by atoms with Crippen LogP contribution < -0.4 is 10.6 Å². The highest BCUT2D eigenvalue weighted by molar-refractivity contribution is 6.15. The Morgan fingerprint density at radius 3 is 2.43 bits per heavy atom. The summed E-state index contributed by atoms with van der Waals surface area (Å²) in [4.78, 5) is 41.6. The molecular formula is C22H29N3O3. The van der Waals surface area contributed by atoms with E-state index in [2.05, 4.69) is 10.6 Å². The Morgan fingerprint density at radius 2 is 1.82 bits per heavy atom.